The van der Waals surface area contributed by atoms with Crippen molar-refractivity contribution in [1.82, 2.24) is 5.06 Å². The Bertz CT molecular complexity index is 443. The number of carbonyl (C=O) groups is 1. The summed E-state index contributed by atoms with van der Waals surface area (Å²) in [6, 6.07) is 2.38. The molecule has 0 spiro atoms. The summed E-state index contributed by atoms with van der Waals surface area (Å²) in [5, 5.41) is 0.983. The second kappa shape index (κ2) is 6.77. The van der Waals surface area contributed by atoms with Gasteiger partial charge in [0.1, 0.15) is 6.61 Å². The van der Waals surface area contributed by atoms with E-state index >= 15 is 0 Å². The van der Waals surface area contributed by atoms with Crippen LogP contribution in [0.2, 0.25) is 0 Å². The highest BCUT2D eigenvalue weighted by Gasteiger charge is 2.14. The average molecular weight is 324 g/mol. The Hall–Kier alpha value is -1.05. The lowest BCUT2D eigenvalue weighted by atomic mass is 10.2. The van der Waals surface area contributed by atoms with E-state index in [1.165, 1.54) is 20.2 Å². The third-order valence-electron chi connectivity index (χ3n) is 2.24. The van der Waals surface area contributed by atoms with Crippen molar-refractivity contribution >= 4 is 21.8 Å². The first-order chi connectivity index (χ1) is 8.47. The van der Waals surface area contributed by atoms with E-state index < -0.39 is 17.5 Å². The molecule has 18 heavy (non-hydrogen) atoms. The van der Waals surface area contributed by atoms with E-state index in [-0.39, 0.29) is 18.8 Å². The molecule has 0 heterocycles. The first-order valence-corrected chi connectivity index (χ1v) is 5.77. The molecule has 0 unspecified atom stereocenters. The van der Waals surface area contributed by atoms with Gasteiger partial charge in [-0.25, -0.2) is 13.8 Å². The summed E-state index contributed by atoms with van der Waals surface area (Å²) in [6.45, 7) is -0.500. The van der Waals surface area contributed by atoms with Gasteiger partial charge in [-0.05, 0) is 12.1 Å². The summed E-state index contributed by atoms with van der Waals surface area (Å²) in [5.74, 6) is -2.38. The van der Waals surface area contributed by atoms with Crippen LogP contribution in [0, 0.1) is 11.6 Å². The number of amides is 1. The number of hydrogen-bond acceptors (Lipinski definition) is 3. The average Bonchev–Trinajstić information content (AvgIpc) is 2.36. The zero-order valence-electron chi connectivity index (χ0n) is 9.87. The molecule has 0 aliphatic heterocycles. The van der Waals surface area contributed by atoms with Crippen LogP contribution in [-0.2, 0) is 21.0 Å². The van der Waals surface area contributed by atoms with Crippen molar-refractivity contribution in [2.45, 2.75) is 6.61 Å². The van der Waals surface area contributed by atoms with Crippen LogP contribution in [0.5, 0.6) is 0 Å². The van der Waals surface area contributed by atoms with Gasteiger partial charge in [-0.2, -0.15) is 0 Å². The Morgan fingerprint density at radius 3 is 2.72 bits per heavy atom. The summed E-state index contributed by atoms with van der Waals surface area (Å²) in [7, 11) is 2.76. The Morgan fingerprint density at radius 1 is 1.44 bits per heavy atom. The first kappa shape index (κ1) is 15.0. The number of likely N-dealkylation sites (N-methyl/N-ethyl adjacent to an activating group) is 1. The van der Waals surface area contributed by atoms with Gasteiger partial charge in [-0.15, -0.1) is 0 Å². The second-order valence-corrected chi connectivity index (χ2v) is 4.24. The van der Waals surface area contributed by atoms with E-state index in [1.807, 2.05) is 0 Å². The van der Waals surface area contributed by atoms with Gasteiger partial charge in [-0.1, -0.05) is 15.9 Å². The lowest BCUT2D eigenvalue weighted by Crippen LogP contribution is -2.29. The zero-order chi connectivity index (χ0) is 13.7. The molecule has 0 radical (unpaired) electrons. The minimum absolute atomic E-state index is 0.0304. The summed E-state index contributed by atoms with van der Waals surface area (Å²) in [4.78, 5) is 15.9. The highest BCUT2D eigenvalue weighted by molar-refractivity contribution is 9.10. The van der Waals surface area contributed by atoms with E-state index in [0.29, 0.717) is 4.47 Å². The molecule has 0 aliphatic rings. The van der Waals surface area contributed by atoms with Gasteiger partial charge in [-0.3, -0.25) is 9.63 Å². The molecule has 0 fully saturated rings. The van der Waals surface area contributed by atoms with Gasteiger partial charge in [0.15, 0.2) is 11.6 Å². The number of hydroxylamine groups is 2. The van der Waals surface area contributed by atoms with E-state index in [0.717, 1.165) is 11.1 Å². The van der Waals surface area contributed by atoms with Crippen molar-refractivity contribution in [3.05, 3.63) is 33.8 Å². The van der Waals surface area contributed by atoms with Crippen molar-refractivity contribution in [2.24, 2.45) is 0 Å². The van der Waals surface area contributed by atoms with Gasteiger partial charge in [0.25, 0.3) is 5.91 Å². The van der Waals surface area contributed by atoms with Crippen LogP contribution in [0.1, 0.15) is 5.56 Å². The third-order valence-corrected chi connectivity index (χ3v) is 2.98. The SMILES string of the molecule is CON(C)C(=O)COCc1c(Br)ccc(F)c1F. The van der Waals surface area contributed by atoms with Crippen LogP contribution in [-0.4, -0.2) is 31.7 Å². The molecule has 7 heteroatoms. The van der Waals surface area contributed by atoms with Gasteiger partial charge in [0, 0.05) is 17.1 Å². The smallest absolute Gasteiger partial charge is 0.271 e. The molecule has 1 aromatic rings. The Balaban J connectivity index is 2.60. The predicted molar refractivity (Wildman–Crippen MR) is 63.5 cm³/mol. The molecule has 1 amide bonds. The topological polar surface area (TPSA) is 38.8 Å². The van der Waals surface area contributed by atoms with E-state index in [2.05, 4.69) is 20.8 Å². The van der Waals surface area contributed by atoms with Gasteiger partial charge in [0.2, 0.25) is 0 Å². The van der Waals surface area contributed by atoms with Crippen molar-refractivity contribution < 1.29 is 23.1 Å². The normalized spacial score (nSPS) is 10.5. The highest BCUT2D eigenvalue weighted by Crippen LogP contribution is 2.22. The fourth-order valence-corrected chi connectivity index (χ4v) is 1.56. The molecule has 100 valence electrons. The fraction of sp³-hybridized carbons (Fsp3) is 0.364. The third kappa shape index (κ3) is 3.72. The van der Waals surface area contributed by atoms with Crippen LogP contribution in [0.4, 0.5) is 8.78 Å². The van der Waals surface area contributed by atoms with E-state index in [1.54, 1.807) is 0 Å². The highest BCUT2D eigenvalue weighted by atomic mass is 79.9. The molecule has 0 saturated heterocycles. The summed E-state index contributed by atoms with van der Waals surface area (Å²) in [6.07, 6.45) is 0. The van der Waals surface area contributed by atoms with Crippen LogP contribution >= 0.6 is 15.9 Å². The molecule has 1 aromatic carbocycles. The summed E-state index contributed by atoms with van der Waals surface area (Å²) >= 11 is 3.08. The molecular weight excluding hydrogens is 312 g/mol. The number of benzene rings is 1. The number of carbonyl (C=O) groups excluding carboxylic acids is 1. The molecule has 1 rings (SSSR count). The Morgan fingerprint density at radius 2 is 2.11 bits per heavy atom. The van der Waals surface area contributed by atoms with Crippen molar-refractivity contribution in [3.63, 3.8) is 0 Å². The van der Waals surface area contributed by atoms with Crippen LogP contribution in [0.3, 0.4) is 0 Å². The van der Waals surface area contributed by atoms with Crippen LogP contribution in [0.15, 0.2) is 16.6 Å². The quantitative estimate of drug-likeness (QED) is 0.616. The van der Waals surface area contributed by atoms with E-state index in [9.17, 15) is 13.6 Å². The zero-order valence-corrected chi connectivity index (χ0v) is 11.5. The van der Waals surface area contributed by atoms with Gasteiger partial charge >= 0.3 is 0 Å². The summed E-state index contributed by atoms with van der Waals surface area (Å²) in [5.41, 5.74) is 0.0304. The monoisotopic (exact) mass is 323 g/mol. The van der Waals surface area contributed by atoms with E-state index in [4.69, 9.17) is 4.74 Å². The maximum atomic E-state index is 13.4. The lowest BCUT2D eigenvalue weighted by Gasteiger charge is -2.14. The Labute approximate surface area is 112 Å². The van der Waals surface area contributed by atoms with Crippen LogP contribution in [0.25, 0.3) is 0 Å². The molecule has 0 N–H and O–H groups in total. The lowest BCUT2D eigenvalue weighted by molar-refractivity contribution is -0.173. The van der Waals surface area contributed by atoms with Crippen molar-refractivity contribution in [3.8, 4) is 0 Å². The largest absolute Gasteiger partial charge is 0.367 e. The van der Waals surface area contributed by atoms with Crippen molar-refractivity contribution in [2.75, 3.05) is 20.8 Å². The van der Waals surface area contributed by atoms with Gasteiger partial charge in [0.05, 0.1) is 13.7 Å². The Kier molecular flexibility index (Phi) is 5.64. The number of ether oxygens (including phenoxy) is 1. The molecule has 4 nitrogen and oxygen atoms in total. The molecule has 0 atom stereocenters. The maximum absolute atomic E-state index is 13.4. The van der Waals surface area contributed by atoms with Crippen LogP contribution < -0.4 is 0 Å². The molecular formula is C11H12BrF2NO3. The van der Waals surface area contributed by atoms with Gasteiger partial charge < -0.3 is 4.74 Å². The molecule has 0 aromatic heterocycles. The predicted octanol–water partition coefficient (Wildman–Crippen LogP) is 2.26. The standard InChI is InChI=1S/C11H12BrF2NO3/c1-15(17-2)10(16)6-18-5-7-8(12)3-4-9(13)11(7)14/h3-4H,5-6H2,1-2H3. The molecule has 0 saturated carbocycles. The number of halogens is 3. The molecule has 0 aliphatic carbocycles. The first-order valence-electron chi connectivity index (χ1n) is 4.98. The van der Waals surface area contributed by atoms with Crippen molar-refractivity contribution in [1.29, 1.82) is 0 Å². The number of rotatable bonds is 5. The number of hydrogen-bond donors (Lipinski definition) is 0. The number of nitrogens with zero attached hydrogens (tertiary/aromatic N) is 1. The minimum Gasteiger partial charge on any atom is -0.367 e. The summed E-state index contributed by atoms with van der Waals surface area (Å²) < 4.78 is 31.8. The second-order valence-electron chi connectivity index (χ2n) is 3.39. The minimum atomic E-state index is -0.989. The molecule has 0 bridgehead atoms. The fourth-order valence-electron chi connectivity index (χ4n) is 1.13. The maximum Gasteiger partial charge on any atom is 0.271 e.